The molecule has 5 rings (SSSR count). The molecule has 0 fully saturated rings. The number of benzene rings is 3. The first-order valence-corrected chi connectivity index (χ1v) is 7.93. The van der Waals surface area contributed by atoms with Crippen LogP contribution >= 0.6 is 0 Å². The normalized spacial score (nSPS) is 12.5. The molecule has 120 valence electrons. The zero-order valence-electron chi connectivity index (χ0n) is 13.3. The van der Waals surface area contributed by atoms with Gasteiger partial charge in [-0.25, -0.2) is 9.37 Å². The number of carbonyl (C=O) groups is 1. The molecule has 0 saturated heterocycles. The lowest BCUT2D eigenvalue weighted by Crippen LogP contribution is -2.11. The van der Waals surface area contributed by atoms with Crippen molar-refractivity contribution in [1.29, 1.82) is 0 Å². The topological polar surface area (TPSA) is 39.2 Å². The van der Waals surface area contributed by atoms with Crippen molar-refractivity contribution in [2.75, 3.05) is 7.11 Å². The van der Waals surface area contributed by atoms with E-state index in [9.17, 15) is 4.79 Å². The molecule has 3 nitrogen and oxygen atoms in total. The molecule has 1 heterocycles. The van der Waals surface area contributed by atoms with E-state index in [1.54, 1.807) is 24.3 Å². The molecule has 0 N–H and O–H groups in total. The van der Waals surface area contributed by atoms with Crippen LogP contribution in [0.15, 0.2) is 54.6 Å². The van der Waals surface area contributed by atoms with Gasteiger partial charge < -0.3 is 4.74 Å². The largest absolute Gasteiger partial charge is 0.494 e. The van der Waals surface area contributed by atoms with E-state index >= 15 is 4.39 Å². The van der Waals surface area contributed by atoms with Crippen LogP contribution in [0.5, 0.6) is 5.75 Å². The second kappa shape index (κ2) is 4.86. The summed E-state index contributed by atoms with van der Waals surface area (Å²) in [6.07, 6.45) is 0. The third kappa shape index (κ3) is 1.74. The highest BCUT2D eigenvalue weighted by Gasteiger charge is 2.28. The van der Waals surface area contributed by atoms with Gasteiger partial charge in [0.1, 0.15) is 0 Å². The molecule has 0 amide bonds. The number of hydrogen-bond donors (Lipinski definition) is 0. The minimum Gasteiger partial charge on any atom is -0.494 e. The van der Waals surface area contributed by atoms with Gasteiger partial charge in [-0.1, -0.05) is 36.4 Å². The zero-order valence-corrected chi connectivity index (χ0v) is 13.3. The molecule has 0 spiro atoms. The summed E-state index contributed by atoms with van der Waals surface area (Å²) in [6.45, 7) is 0. The quantitative estimate of drug-likeness (QED) is 0.417. The SMILES string of the molecule is COc1ccc2nc3cccc4c3c(c2c1F)-c1ccccc1C4=O. The molecule has 0 unspecified atom stereocenters. The molecular formula is C21H12FNO2. The van der Waals surface area contributed by atoms with Crippen LogP contribution in [0.2, 0.25) is 0 Å². The number of nitrogens with zero attached hydrogens (tertiary/aromatic N) is 1. The molecule has 1 aliphatic carbocycles. The van der Waals surface area contributed by atoms with E-state index < -0.39 is 5.82 Å². The molecule has 25 heavy (non-hydrogen) atoms. The Morgan fingerprint density at radius 1 is 0.840 bits per heavy atom. The highest BCUT2D eigenvalue weighted by atomic mass is 19.1. The standard InChI is InChI=1S/C21H12FNO2/c1-25-16-10-9-15-19(20(16)22)18-11-5-2-3-6-12(11)21(24)13-7-4-8-14(23-15)17(13)18/h2-10H,1H3. The van der Waals surface area contributed by atoms with Gasteiger partial charge in [0.05, 0.1) is 18.1 Å². The highest BCUT2D eigenvalue weighted by molar-refractivity contribution is 6.28. The Hall–Kier alpha value is -3.27. The minimum atomic E-state index is -0.455. The van der Waals surface area contributed by atoms with Crippen molar-refractivity contribution in [1.82, 2.24) is 4.98 Å². The van der Waals surface area contributed by atoms with Crippen molar-refractivity contribution >= 4 is 27.6 Å². The predicted octanol–water partition coefficient (Wildman–Crippen LogP) is 4.75. The summed E-state index contributed by atoms with van der Waals surface area (Å²) in [5, 5.41) is 1.09. The maximum Gasteiger partial charge on any atom is 0.194 e. The number of hydrogen-bond acceptors (Lipinski definition) is 3. The van der Waals surface area contributed by atoms with Gasteiger partial charge in [0.15, 0.2) is 17.3 Å². The zero-order chi connectivity index (χ0) is 17.1. The molecule has 0 atom stereocenters. The summed E-state index contributed by atoms with van der Waals surface area (Å²) < 4.78 is 20.3. The van der Waals surface area contributed by atoms with Crippen molar-refractivity contribution in [3.8, 4) is 16.9 Å². The number of ether oxygens (including phenoxy) is 1. The summed E-state index contributed by atoms with van der Waals surface area (Å²) in [7, 11) is 1.44. The summed E-state index contributed by atoms with van der Waals surface area (Å²) in [6, 6.07) is 16.1. The summed E-state index contributed by atoms with van der Waals surface area (Å²) in [5.74, 6) is -0.349. The van der Waals surface area contributed by atoms with Gasteiger partial charge >= 0.3 is 0 Å². The van der Waals surface area contributed by atoms with Gasteiger partial charge in [0.25, 0.3) is 0 Å². The van der Waals surface area contributed by atoms with Crippen LogP contribution < -0.4 is 4.74 Å². The highest BCUT2D eigenvalue weighted by Crippen LogP contribution is 2.44. The fraction of sp³-hybridized carbons (Fsp3) is 0.0476. The van der Waals surface area contributed by atoms with E-state index in [1.165, 1.54) is 7.11 Å². The molecule has 3 aromatic carbocycles. The second-order valence-corrected chi connectivity index (χ2v) is 6.04. The molecule has 0 radical (unpaired) electrons. The van der Waals surface area contributed by atoms with Gasteiger partial charge in [-0.3, -0.25) is 4.79 Å². The third-order valence-electron chi connectivity index (χ3n) is 4.77. The first-order valence-electron chi connectivity index (χ1n) is 7.93. The Labute approximate surface area is 142 Å². The number of halogens is 1. The number of methoxy groups -OCH3 is 1. The van der Waals surface area contributed by atoms with Gasteiger partial charge in [-0.05, 0) is 23.8 Å². The van der Waals surface area contributed by atoms with Gasteiger partial charge in [0, 0.05) is 27.5 Å². The molecule has 0 bridgehead atoms. The fourth-order valence-corrected chi connectivity index (χ4v) is 3.69. The maximum absolute atomic E-state index is 15.1. The summed E-state index contributed by atoms with van der Waals surface area (Å²) >= 11 is 0. The molecule has 1 aliphatic rings. The van der Waals surface area contributed by atoms with Gasteiger partial charge in [-0.15, -0.1) is 0 Å². The van der Waals surface area contributed by atoms with Crippen molar-refractivity contribution in [3.63, 3.8) is 0 Å². The number of aromatic nitrogens is 1. The van der Waals surface area contributed by atoms with E-state index in [1.807, 2.05) is 30.3 Å². The Kier molecular flexibility index (Phi) is 2.74. The smallest absolute Gasteiger partial charge is 0.194 e. The predicted molar refractivity (Wildman–Crippen MR) is 94.6 cm³/mol. The average molecular weight is 329 g/mol. The maximum atomic E-state index is 15.1. The number of carbonyl (C=O) groups excluding carboxylic acids is 1. The van der Waals surface area contributed by atoms with Crippen molar-refractivity contribution in [2.24, 2.45) is 0 Å². The number of fused-ring (bicyclic) bond motifs is 4. The van der Waals surface area contributed by atoms with Crippen molar-refractivity contribution in [2.45, 2.75) is 0 Å². The van der Waals surface area contributed by atoms with Crippen LogP contribution in [0.3, 0.4) is 0 Å². The Balaban J connectivity index is 2.12. The van der Waals surface area contributed by atoms with E-state index in [0.717, 1.165) is 5.56 Å². The van der Waals surface area contributed by atoms with Crippen LogP contribution in [-0.4, -0.2) is 17.9 Å². The van der Waals surface area contributed by atoms with Crippen molar-refractivity contribution < 1.29 is 13.9 Å². The number of rotatable bonds is 1. The molecule has 0 saturated carbocycles. The molecular weight excluding hydrogens is 317 g/mol. The van der Waals surface area contributed by atoms with E-state index in [2.05, 4.69) is 4.98 Å². The monoisotopic (exact) mass is 329 g/mol. The lowest BCUT2D eigenvalue weighted by molar-refractivity contribution is 0.104. The van der Waals surface area contributed by atoms with Crippen LogP contribution in [0.1, 0.15) is 15.9 Å². The lowest BCUT2D eigenvalue weighted by atomic mass is 9.82. The fourth-order valence-electron chi connectivity index (χ4n) is 3.69. The summed E-state index contributed by atoms with van der Waals surface area (Å²) in [5.41, 5.74) is 3.81. The third-order valence-corrected chi connectivity index (χ3v) is 4.77. The molecule has 1 aromatic heterocycles. The van der Waals surface area contributed by atoms with E-state index in [-0.39, 0.29) is 11.5 Å². The van der Waals surface area contributed by atoms with E-state index in [0.29, 0.717) is 38.5 Å². The van der Waals surface area contributed by atoms with E-state index in [4.69, 9.17) is 4.74 Å². The van der Waals surface area contributed by atoms with Crippen LogP contribution in [0, 0.1) is 5.82 Å². The number of pyridine rings is 1. The van der Waals surface area contributed by atoms with Crippen molar-refractivity contribution in [3.05, 3.63) is 71.5 Å². The Bertz CT molecular complexity index is 1210. The molecule has 0 aliphatic heterocycles. The van der Waals surface area contributed by atoms with Crippen LogP contribution in [-0.2, 0) is 0 Å². The Morgan fingerprint density at radius 2 is 1.56 bits per heavy atom. The average Bonchev–Trinajstić information content (AvgIpc) is 2.65. The first kappa shape index (κ1) is 14.1. The molecule has 4 aromatic rings. The summed E-state index contributed by atoms with van der Waals surface area (Å²) in [4.78, 5) is 17.5. The molecule has 4 heteroatoms. The van der Waals surface area contributed by atoms with Gasteiger partial charge in [-0.2, -0.15) is 0 Å². The first-order chi connectivity index (χ1) is 12.2. The second-order valence-electron chi connectivity index (χ2n) is 6.04. The minimum absolute atomic E-state index is 0.0573. The van der Waals surface area contributed by atoms with Gasteiger partial charge in [0.2, 0.25) is 0 Å². The number of ketones is 1. The lowest BCUT2D eigenvalue weighted by Gasteiger charge is -2.21. The Morgan fingerprint density at radius 3 is 2.36 bits per heavy atom. The van der Waals surface area contributed by atoms with Crippen LogP contribution in [0.4, 0.5) is 4.39 Å². The van der Waals surface area contributed by atoms with Crippen LogP contribution in [0.25, 0.3) is 32.9 Å².